The minimum atomic E-state index is -0.263. The minimum Gasteiger partial charge on any atom is -0.383 e. The summed E-state index contributed by atoms with van der Waals surface area (Å²) in [6, 6.07) is 8.57. The van der Waals surface area contributed by atoms with Gasteiger partial charge in [0.05, 0.1) is 23.9 Å². The predicted molar refractivity (Wildman–Crippen MR) is 92.1 cm³/mol. The Morgan fingerprint density at radius 1 is 1.28 bits per heavy atom. The van der Waals surface area contributed by atoms with E-state index in [2.05, 4.69) is 25.9 Å². The van der Waals surface area contributed by atoms with E-state index < -0.39 is 0 Å². The lowest BCUT2D eigenvalue weighted by molar-refractivity contribution is 0.626. The molecule has 1 aliphatic rings. The van der Waals surface area contributed by atoms with Gasteiger partial charge in [0.25, 0.3) is 0 Å². The van der Waals surface area contributed by atoms with Crippen molar-refractivity contribution in [2.75, 3.05) is 17.2 Å². The Morgan fingerprint density at radius 3 is 2.76 bits per heavy atom. The first-order valence-corrected chi connectivity index (χ1v) is 7.88. The molecule has 0 aliphatic carbocycles. The minimum absolute atomic E-state index is 0.237. The Bertz CT molecular complexity index is 957. The van der Waals surface area contributed by atoms with Crippen LogP contribution in [0.5, 0.6) is 0 Å². The van der Waals surface area contributed by atoms with Gasteiger partial charge in [0.1, 0.15) is 23.3 Å². The molecular weight excluding hydrogens is 319 g/mol. The molecule has 0 fully saturated rings. The molecule has 2 aromatic heterocycles. The van der Waals surface area contributed by atoms with Crippen LogP contribution < -0.4 is 10.6 Å². The van der Waals surface area contributed by atoms with Crippen LogP contribution >= 0.6 is 0 Å². The van der Waals surface area contributed by atoms with Crippen LogP contribution in [0.4, 0.5) is 15.9 Å². The van der Waals surface area contributed by atoms with E-state index in [0.29, 0.717) is 18.5 Å². The summed E-state index contributed by atoms with van der Waals surface area (Å²) < 4.78 is 13.2. The maximum Gasteiger partial charge on any atom is 0.142 e. The molecule has 1 aromatic carbocycles. The molecule has 7 heteroatoms. The van der Waals surface area contributed by atoms with Crippen molar-refractivity contribution in [2.45, 2.75) is 13.0 Å². The highest BCUT2D eigenvalue weighted by Gasteiger charge is 2.26. The Morgan fingerprint density at radius 2 is 2.08 bits per heavy atom. The number of imidazole rings is 1. The Labute approximate surface area is 143 Å². The van der Waals surface area contributed by atoms with Gasteiger partial charge in [0.2, 0.25) is 0 Å². The van der Waals surface area contributed by atoms with Crippen molar-refractivity contribution in [3.8, 4) is 17.3 Å². The molecule has 3 heterocycles. The molecule has 124 valence electrons. The van der Waals surface area contributed by atoms with E-state index in [0.717, 1.165) is 34.7 Å². The van der Waals surface area contributed by atoms with Gasteiger partial charge in [-0.25, -0.2) is 14.4 Å². The zero-order chi connectivity index (χ0) is 17.4. The largest absolute Gasteiger partial charge is 0.383 e. The van der Waals surface area contributed by atoms with Crippen LogP contribution in [-0.4, -0.2) is 21.5 Å². The number of halogens is 1. The number of pyridine rings is 1. The predicted octanol–water partition coefficient (Wildman–Crippen LogP) is 2.63. The van der Waals surface area contributed by atoms with Crippen molar-refractivity contribution in [1.82, 2.24) is 15.0 Å². The monoisotopic (exact) mass is 334 g/mol. The zero-order valence-corrected chi connectivity index (χ0v) is 13.3. The van der Waals surface area contributed by atoms with Gasteiger partial charge in [-0.3, -0.25) is 0 Å². The molecule has 0 spiro atoms. The molecule has 0 saturated heterocycles. The van der Waals surface area contributed by atoms with Gasteiger partial charge in [-0.2, -0.15) is 5.26 Å². The van der Waals surface area contributed by atoms with Crippen LogP contribution in [0.1, 0.15) is 16.8 Å². The van der Waals surface area contributed by atoms with E-state index in [-0.39, 0.29) is 11.6 Å². The summed E-state index contributed by atoms with van der Waals surface area (Å²) in [5.74, 6) is -0.0263. The molecule has 3 N–H and O–H groups in total. The fourth-order valence-corrected chi connectivity index (χ4v) is 3.26. The summed E-state index contributed by atoms with van der Waals surface area (Å²) in [6.45, 7) is 1.32. The number of aromatic nitrogens is 3. The maximum atomic E-state index is 13.2. The van der Waals surface area contributed by atoms with E-state index >= 15 is 0 Å². The van der Waals surface area contributed by atoms with Gasteiger partial charge in [0, 0.05) is 36.3 Å². The molecule has 0 unspecified atom stereocenters. The molecule has 4 rings (SSSR count). The molecule has 0 amide bonds. The van der Waals surface area contributed by atoms with E-state index in [9.17, 15) is 9.65 Å². The topological polar surface area (TPSA) is 94.6 Å². The number of hydrogen-bond donors (Lipinski definition) is 2. The average molecular weight is 334 g/mol. The van der Waals surface area contributed by atoms with Crippen molar-refractivity contribution < 1.29 is 4.39 Å². The number of benzene rings is 1. The number of hydrogen-bond acceptors (Lipinski definition) is 5. The summed E-state index contributed by atoms with van der Waals surface area (Å²) >= 11 is 0. The number of nitrogen functional groups attached to an aromatic ring is 1. The zero-order valence-electron chi connectivity index (χ0n) is 13.3. The SMILES string of the molecule is N#Cc1c(N)nc2c(c1-c1cnc[nH]1)CN(c1ccc(F)cc1)CC2. The van der Waals surface area contributed by atoms with Gasteiger partial charge in [0.15, 0.2) is 0 Å². The van der Waals surface area contributed by atoms with Gasteiger partial charge >= 0.3 is 0 Å². The third-order valence-electron chi connectivity index (χ3n) is 4.45. The normalized spacial score (nSPS) is 13.4. The smallest absolute Gasteiger partial charge is 0.142 e. The number of aromatic amines is 1. The molecule has 1 aliphatic heterocycles. The second-order valence-corrected chi connectivity index (χ2v) is 5.90. The molecule has 0 radical (unpaired) electrons. The fourth-order valence-electron chi connectivity index (χ4n) is 3.26. The maximum absolute atomic E-state index is 13.2. The number of nitriles is 1. The highest BCUT2D eigenvalue weighted by molar-refractivity contribution is 5.77. The van der Waals surface area contributed by atoms with Crippen molar-refractivity contribution in [3.63, 3.8) is 0 Å². The first-order valence-electron chi connectivity index (χ1n) is 7.88. The summed E-state index contributed by atoms with van der Waals surface area (Å²) in [6.07, 6.45) is 3.94. The lowest BCUT2D eigenvalue weighted by atomic mass is 9.94. The number of nitrogens with one attached hydrogen (secondary N) is 1. The lowest BCUT2D eigenvalue weighted by Crippen LogP contribution is -2.32. The molecule has 0 saturated carbocycles. The number of nitrogens with two attached hydrogens (primary N) is 1. The lowest BCUT2D eigenvalue weighted by Gasteiger charge is -2.32. The Kier molecular flexibility index (Phi) is 3.58. The summed E-state index contributed by atoms with van der Waals surface area (Å²) in [4.78, 5) is 13.7. The number of nitrogens with zero attached hydrogens (tertiary/aromatic N) is 4. The van der Waals surface area contributed by atoms with Crippen LogP contribution in [0.3, 0.4) is 0 Å². The molecule has 25 heavy (non-hydrogen) atoms. The van der Waals surface area contributed by atoms with Crippen molar-refractivity contribution in [3.05, 3.63) is 59.4 Å². The van der Waals surface area contributed by atoms with E-state index in [4.69, 9.17) is 5.73 Å². The Hall–Kier alpha value is -3.40. The van der Waals surface area contributed by atoms with Crippen molar-refractivity contribution >= 4 is 11.5 Å². The van der Waals surface area contributed by atoms with Crippen molar-refractivity contribution in [2.24, 2.45) is 0 Å². The molecule has 3 aromatic rings. The summed E-state index contributed by atoms with van der Waals surface area (Å²) in [5, 5.41) is 9.55. The number of anilines is 2. The number of fused-ring (bicyclic) bond motifs is 1. The summed E-state index contributed by atoms with van der Waals surface area (Å²) in [7, 11) is 0. The van der Waals surface area contributed by atoms with Gasteiger partial charge in [-0.05, 0) is 24.3 Å². The van der Waals surface area contributed by atoms with E-state index in [1.54, 1.807) is 24.7 Å². The number of rotatable bonds is 2. The molecule has 0 bridgehead atoms. The standard InChI is InChI=1S/C18H15FN6/c19-11-1-3-12(4-2-11)25-6-5-15-14(9-25)17(16-8-22-10-23-16)13(7-20)18(21)24-15/h1-4,8,10H,5-6,9H2,(H2,21,24)(H,22,23). The third-order valence-corrected chi connectivity index (χ3v) is 4.45. The second kappa shape index (κ2) is 5.91. The van der Waals surface area contributed by atoms with Gasteiger partial charge < -0.3 is 15.6 Å². The average Bonchev–Trinajstić information content (AvgIpc) is 3.15. The molecular formula is C18H15FN6. The quantitative estimate of drug-likeness (QED) is 0.751. The first-order chi connectivity index (χ1) is 12.2. The van der Waals surface area contributed by atoms with Gasteiger partial charge in [-0.1, -0.05) is 0 Å². The fraction of sp³-hybridized carbons (Fsp3) is 0.167. The highest BCUT2D eigenvalue weighted by Crippen LogP contribution is 2.35. The van der Waals surface area contributed by atoms with Crippen LogP contribution in [0.2, 0.25) is 0 Å². The third kappa shape index (κ3) is 2.58. The first kappa shape index (κ1) is 15.1. The number of H-pyrrole nitrogens is 1. The van der Waals surface area contributed by atoms with E-state index in [1.807, 2.05) is 0 Å². The van der Waals surface area contributed by atoms with Gasteiger partial charge in [-0.15, -0.1) is 0 Å². The Balaban J connectivity index is 1.83. The second-order valence-electron chi connectivity index (χ2n) is 5.90. The van der Waals surface area contributed by atoms with Crippen LogP contribution in [0.15, 0.2) is 36.8 Å². The van der Waals surface area contributed by atoms with Crippen molar-refractivity contribution in [1.29, 1.82) is 5.26 Å². The summed E-state index contributed by atoms with van der Waals surface area (Å²) in [5.41, 5.74) is 10.6. The van der Waals surface area contributed by atoms with E-state index in [1.165, 1.54) is 12.1 Å². The van der Waals surface area contributed by atoms with Crippen LogP contribution in [-0.2, 0) is 13.0 Å². The van der Waals surface area contributed by atoms with Crippen LogP contribution in [0.25, 0.3) is 11.3 Å². The highest BCUT2D eigenvalue weighted by atomic mass is 19.1. The molecule has 0 atom stereocenters. The molecule has 6 nitrogen and oxygen atoms in total. The van der Waals surface area contributed by atoms with Crippen LogP contribution in [0, 0.1) is 17.1 Å².